The Morgan fingerprint density at radius 3 is 2.71 bits per heavy atom. The molecule has 0 bridgehead atoms. The van der Waals surface area contributed by atoms with Gasteiger partial charge in [0.25, 0.3) is 0 Å². The van der Waals surface area contributed by atoms with Crippen LogP contribution in [0, 0.1) is 0 Å². The van der Waals surface area contributed by atoms with E-state index in [1.165, 1.54) is 4.88 Å². The summed E-state index contributed by atoms with van der Waals surface area (Å²) in [6, 6.07) is 8.70. The number of amides is 1. The molecule has 0 saturated heterocycles. The minimum atomic E-state index is -0.0703. The highest BCUT2D eigenvalue weighted by Crippen LogP contribution is 2.31. The van der Waals surface area contributed by atoms with Crippen LogP contribution in [0.15, 0.2) is 35.7 Å². The van der Waals surface area contributed by atoms with Gasteiger partial charge in [0.05, 0.1) is 12.2 Å². The summed E-state index contributed by atoms with van der Waals surface area (Å²) < 4.78 is 0. The van der Waals surface area contributed by atoms with E-state index in [-0.39, 0.29) is 18.2 Å². The van der Waals surface area contributed by atoms with Crippen molar-refractivity contribution in [3.63, 3.8) is 0 Å². The molecule has 1 aromatic carbocycles. The van der Waals surface area contributed by atoms with Crippen LogP contribution in [-0.4, -0.2) is 18.2 Å². The minimum Gasteiger partial charge on any atom is -0.303 e. The monoisotopic (exact) mass is 319 g/mol. The Kier molecular flexibility index (Phi) is 4.08. The molecule has 21 heavy (non-hydrogen) atoms. The van der Waals surface area contributed by atoms with Crippen LogP contribution in [0.5, 0.6) is 0 Å². The Labute approximate surface area is 132 Å². The van der Waals surface area contributed by atoms with Gasteiger partial charge in [0, 0.05) is 21.9 Å². The normalized spacial score (nSPS) is 14.7. The number of Topliss-reactive ketones (excluding diaryl/α,β-unsaturated/α-hetero) is 1. The Morgan fingerprint density at radius 2 is 1.95 bits per heavy atom. The molecule has 1 aliphatic rings. The van der Waals surface area contributed by atoms with Gasteiger partial charge in [0.2, 0.25) is 5.91 Å². The number of carbonyl (C=O) groups excluding carboxylic acids is 2. The van der Waals surface area contributed by atoms with E-state index in [0.717, 1.165) is 18.5 Å². The lowest BCUT2D eigenvalue weighted by Gasteiger charge is -2.20. The molecular weight excluding hydrogens is 306 g/mol. The largest absolute Gasteiger partial charge is 0.303 e. The van der Waals surface area contributed by atoms with Gasteiger partial charge < -0.3 is 4.90 Å². The van der Waals surface area contributed by atoms with Crippen molar-refractivity contribution in [3.05, 3.63) is 51.2 Å². The van der Waals surface area contributed by atoms with Gasteiger partial charge in [0.1, 0.15) is 0 Å². The molecule has 3 rings (SSSR count). The van der Waals surface area contributed by atoms with Crippen LogP contribution < -0.4 is 4.90 Å². The van der Waals surface area contributed by atoms with Crippen LogP contribution in [0.1, 0.15) is 28.1 Å². The third-order valence-electron chi connectivity index (χ3n) is 3.58. The molecule has 1 aromatic heterocycles. The Bertz CT molecular complexity index is 678. The summed E-state index contributed by atoms with van der Waals surface area (Å²) in [5.74, 6) is -0.0477. The predicted octanol–water partition coefficient (Wildman–Crippen LogP) is 3.95. The number of halogens is 1. The Hall–Kier alpha value is -1.65. The zero-order valence-electron chi connectivity index (χ0n) is 11.3. The topological polar surface area (TPSA) is 37.4 Å². The fourth-order valence-corrected chi connectivity index (χ4v) is 3.52. The maximum absolute atomic E-state index is 12.4. The van der Waals surface area contributed by atoms with Crippen LogP contribution in [0.4, 0.5) is 5.69 Å². The van der Waals surface area contributed by atoms with Gasteiger partial charge in [-0.15, -0.1) is 11.3 Å². The number of anilines is 1. The lowest BCUT2D eigenvalue weighted by atomic mass is 10.1. The summed E-state index contributed by atoms with van der Waals surface area (Å²) in [6.45, 7) is 0.0875. The van der Waals surface area contributed by atoms with E-state index in [9.17, 15) is 9.59 Å². The number of aryl methyl sites for hydroxylation is 1. The number of ketones is 1. The number of fused-ring (bicyclic) bond motifs is 1. The molecular formula is C16H14ClNO2S. The molecule has 0 fully saturated rings. The third-order valence-corrected chi connectivity index (χ3v) is 4.80. The third kappa shape index (κ3) is 3.01. The maximum Gasteiger partial charge on any atom is 0.227 e. The van der Waals surface area contributed by atoms with Crippen molar-refractivity contribution < 1.29 is 9.59 Å². The molecule has 1 aliphatic heterocycles. The number of hydrogen-bond acceptors (Lipinski definition) is 3. The van der Waals surface area contributed by atoms with Crippen molar-refractivity contribution in [1.82, 2.24) is 0 Å². The van der Waals surface area contributed by atoms with Crippen LogP contribution in [0.3, 0.4) is 0 Å². The van der Waals surface area contributed by atoms with Crippen molar-refractivity contribution in [2.24, 2.45) is 0 Å². The van der Waals surface area contributed by atoms with Crippen molar-refractivity contribution in [2.45, 2.75) is 19.3 Å². The van der Waals surface area contributed by atoms with Gasteiger partial charge in [-0.1, -0.05) is 11.6 Å². The van der Waals surface area contributed by atoms with E-state index >= 15 is 0 Å². The Balaban J connectivity index is 1.84. The molecule has 3 nitrogen and oxygen atoms in total. The lowest BCUT2D eigenvalue weighted by molar-refractivity contribution is -0.118. The molecule has 0 spiro atoms. The molecule has 0 N–H and O–H groups in total. The van der Waals surface area contributed by atoms with E-state index in [4.69, 9.17) is 11.6 Å². The molecule has 5 heteroatoms. The number of carbonyl (C=O) groups is 2. The average Bonchev–Trinajstić information content (AvgIpc) is 2.88. The first kappa shape index (κ1) is 14.3. The fraction of sp³-hybridized carbons (Fsp3) is 0.250. The van der Waals surface area contributed by atoms with Gasteiger partial charge >= 0.3 is 0 Å². The summed E-state index contributed by atoms with van der Waals surface area (Å²) in [6.07, 6.45) is 2.25. The number of benzene rings is 1. The SMILES string of the molecule is O=C(CN1C(=O)CCCc2sccc21)c1ccc(Cl)cc1. The molecule has 1 amide bonds. The highest BCUT2D eigenvalue weighted by atomic mass is 35.5. The number of rotatable bonds is 3. The number of nitrogens with zero attached hydrogens (tertiary/aromatic N) is 1. The number of hydrogen-bond donors (Lipinski definition) is 0. The average molecular weight is 320 g/mol. The van der Waals surface area contributed by atoms with E-state index in [0.29, 0.717) is 17.0 Å². The van der Waals surface area contributed by atoms with Crippen molar-refractivity contribution in [3.8, 4) is 0 Å². The van der Waals surface area contributed by atoms with Gasteiger partial charge in [-0.2, -0.15) is 0 Å². The first-order valence-electron chi connectivity index (χ1n) is 6.80. The second-order valence-corrected chi connectivity index (χ2v) is 6.43. The van der Waals surface area contributed by atoms with Gasteiger partial charge in [0.15, 0.2) is 5.78 Å². The standard InChI is InChI=1S/C16H14ClNO2S/c17-12-6-4-11(5-7-12)14(19)10-18-13-8-9-21-15(13)2-1-3-16(18)20/h4-9H,1-3,10H2. The molecule has 2 heterocycles. The molecule has 2 aromatic rings. The fourth-order valence-electron chi connectivity index (χ4n) is 2.47. The molecule has 0 unspecified atom stereocenters. The van der Waals surface area contributed by atoms with E-state index in [1.54, 1.807) is 40.5 Å². The highest BCUT2D eigenvalue weighted by Gasteiger charge is 2.25. The lowest BCUT2D eigenvalue weighted by Crippen LogP contribution is -2.35. The van der Waals surface area contributed by atoms with Crippen LogP contribution in [0.25, 0.3) is 0 Å². The zero-order chi connectivity index (χ0) is 14.8. The number of thiophene rings is 1. The van der Waals surface area contributed by atoms with Crippen LogP contribution in [0.2, 0.25) is 5.02 Å². The summed E-state index contributed by atoms with van der Waals surface area (Å²) in [5, 5.41) is 2.57. The second kappa shape index (κ2) is 6.00. The van der Waals surface area contributed by atoms with Crippen molar-refractivity contribution in [1.29, 1.82) is 0 Å². The summed E-state index contributed by atoms with van der Waals surface area (Å²) in [4.78, 5) is 27.4. The first-order chi connectivity index (χ1) is 10.1. The summed E-state index contributed by atoms with van der Waals surface area (Å²) in [7, 11) is 0. The summed E-state index contributed by atoms with van der Waals surface area (Å²) in [5.41, 5.74) is 1.47. The molecule has 0 atom stereocenters. The Morgan fingerprint density at radius 1 is 1.19 bits per heavy atom. The first-order valence-corrected chi connectivity index (χ1v) is 8.06. The zero-order valence-corrected chi connectivity index (χ0v) is 12.9. The van der Waals surface area contributed by atoms with Gasteiger partial charge in [-0.05, 0) is 48.6 Å². The maximum atomic E-state index is 12.4. The van der Waals surface area contributed by atoms with Crippen LogP contribution in [-0.2, 0) is 11.2 Å². The summed E-state index contributed by atoms with van der Waals surface area (Å²) >= 11 is 7.48. The quantitative estimate of drug-likeness (QED) is 0.803. The minimum absolute atomic E-state index is 0.0227. The van der Waals surface area contributed by atoms with E-state index in [2.05, 4.69) is 0 Å². The highest BCUT2D eigenvalue weighted by molar-refractivity contribution is 7.10. The molecule has 0 saturated carbocycles. The van der Waals surface area contributed by atoms with Gasteiger partial charge in [-0.3, -0.25) is 9.59 Å². The van der Waals surface area contributed by atoms with Gasteiger partial charge in [-0.25, -0.2) is 0 Å². The molecule has 0 radical (unpaired) electrons. The van der Waals surface area contributed by atoms with E-state index in [1.807, 2.05) is 11.4 Å². The second-order valence-electron chi connectivity index (χ2n) is 4.99. The van der Waals surface area contributed by atoms with Crippen molar-refractivity contribution in [2.75, 3.05) is 11.4 Å². The van der Waals surface area contributed by atoms with E-state index < -0.39 is 0 Å². The molecule has 0 aliphatic carbocycles. The molecule has 108 valence electrons. The van der Waals surface area contributed by atoms with Crippen LogP contribution >= 0.6 is 22.9 Å². The predicted molar refractivity (Wildman–Crippen MR) is 85.4 cm³/mol. The smallest absolute Gasteiger partial charge is 0.227 e. The van der Waals surface area contributed by atoms with Crippen molar-refractivity contribution >= 4 is 40.3 Å².